The monoisotopic (exact) mass is 305 g/mol. The Morgan fingerprint density at radius 3 is 2.59 bits per heavy atom. The van der Waals surface area contributed by atoms with E-state index in [0.29, 0.717) is 5.92 Å². The average molecular weight is 305 g/mol. The Labute approximate surface area is 133 Å². The van der Waals surface area contributed by atoms with Gasteiger partial charge < -0.3 is 9.64 Å². The molecule has 0 aliphatic carbocycles. The van der Waals surface area contributed by atoms with Crippen LogP contribution in [0.25, 0.3) is 0 Å². The lowest BCUT2D eigenvalue weighted by molar-refractivity contribution is -0.00317. The SMILES string of the molecule is CC(C)C1N2C=CC=CC2=NC1(C)N(C)C(=O)OC(C)(C)C. The number of allylic oxidation sites excluding steroid dienone is 2. The minimum absolute atomic E-state index is 0.0706. The van der Waals surface area contributed by atoms with Gasteiger partial charge in [0.05, 0.1) is 6.04 Å². The van der Waals surface area contributed by atoms with Crippen molar-refractivity contribution in [2.24, 2.45) is 10.9 Å². The Morgan fingerprint density at radius 2 is 2.05 bits per heavy atom. The molecule has 2 unspecified atom stereocenters. The fourth-order valence-electron chi connectivity index (χ4n) is 3.08. The van der Waals surface area contributed by atoms with E-state index in [1.807, 2.05) is 52.1 Å². The van der Waals surface area contributed by atoms with Crippen molar-refractivity contribution < 1.29 is 9.53 Å². The molecular weight excluding hydrogens is 278 g/mol. The van der Waals surface area contributed by atoms with Gasteiger partial charge in [0.25, 0.3) is 0 Å². The number of carbonyl (C=O) groups is 1. The van der Waals surface area contributed by atoms with E-state index >= 15 is 0 Å². The molecule has 2 aliphatic rings. The third-order valence-electron chi connectivity index (χ3n) is 4.05. The van der Waals surface area contributed by atoms with Gasteiger partial charge in [-0.1, -0.05) is 19.9 Å². The van der Waals surface area contributed by atoms with E-state index < -0.39 is 11.3 Å². The number of carbonyl (C=O) groups excluding carboxylic acids is 1. The van der Waals surface area contributed by atoms with E-state index in [0.717, 1.165) is 5.84 Å². The first-order chi connectivity index (χ1) is 10.1. The van der Waals surface area contributed by atoms with Crippen molar-refractivity contribution in [3.8, 4) is 0 Å². The number of fused-ring (bicyclic) bond motifs is 1. The number of rotatable bonds is 2. The second kappa shape index (κ2) is 5.45. The summed E-state index contributed by atoms with van der Waals surface area (Å²) in [6.07, 6.45) is 7.61. The third-order valence-corrected chi connectivity index (χ3v) is 4.05. The van der Waals surface area contributed by atoms with Crippen LogP contribution in [0.1, 0.15) is 41.5 Å². The van der Waals surface area contributed by atoms with Crippen LogP contribution in [-0.2, 0) is 4.74 Å². The second-order valence-corrected chi connectivity index (χ2v) is 7.40. The van der Waals surface area contributed by atoms with Gasteiger partial charge >= 0.3 is 6.09 Å². The van der Waals surface area contributed by atoms with Gasteiger partial charge in [0.15, 0.2) is 5.66 Å². The van der Waals surface area contributed by atoms with Gasteiger partial charge in [0.2, 0.25) is 0 Å². The van der Waals surface area contributed by atoms with Gasteiger partial charge in [-0.25, -0.2) is 9.79 Å². The molecule has 0 N–H and O–H groups in total. The largest absolute Gasteiger partial charge is 0.444 e. The molecule has 5 nitrogen and oxygen atoms in total. The quantitative estimate of drug-likeness (QED) is 0.785. The summed E-state index contributed by atoms with van der Waals surface area (Å²) < 4.78 is 5.52. The fourth-order valence-corrected chi connectivity index (χ4v) is 3.08. The number of likely N-dealkylation sites (N-methyl/N-ethyl adjacent to an activating group) is 1. The molecule has 0 radical (unpaired) electrons. The van der Waals surface area contributed by atoms with Crippen LogP contribution in [0, 0.1) is 5.92 Å². The Balaban J connectivity index is 2.33. The number of hydrogen-bond donors (Lipinski definition) is 0. The normalized spacial score (nSPS) is 27.0. The van der Waals surface area contributed by atoms with E-state index in [1.54, 1.807) is 11.9 Å². The lowest BCUT2D eigenvalue weighted by Gasteiger charge is -2.42. The van der Waals surface area contributed by atoms with E-state index in [-0.39, 0.29) is 12.1 Å². The standard InChI is InChI=1S/C17H27N3O2/c1-12(2)14-17(6,18-13-10-8-9-11-20(13)14)19(7)15(21)22-16(3,4)5/h8-12,14H,1-7H3. The molecule has 2 heterocycles. The minimum Gasteiger partial charge on any atom is -0.444 e. The molecule has 2 rings (SSSR count). The van der Waals surface area contributed by atoms with Crippen LogP contribution in [0.3, 0.4) is 0 Å². The maximum absolute atomic E-state index is 12.5. The minimum atomic E-state index is -0.662. The number of hydrogen-bond acceptors (Lipinski definition) is 4. The first-order valence-corrected chi connectivity index (χ1v) is 7.76. The summed E-state index contributed by atoms with van der Waals surface area (Å²) in [4.78, 5) is 21.1. The number of amidine groups is 1. The Bertz CT molecular complexity index is 543. The van der Waals surface area contributed by atoms with Gasteiger partial charge in [-0.05, 0) is 45.8 Å². The van der Waals surface area contributed by atoms with Crippen molar-refractivity contribution in [1.82, 2.24) is 9.80 Å². The molecule has 0 aromatic rings. The highest BCUT2D eigenvalue weighted by Crippen LogP contribution is 2.37. The van der Waals surface area contributed by atoms with Crippen LogP contribution in [0.5, 0.6) is 0 Å². The summed E-state index contributed by atoms with van der Waals surface area (Å²) in [6.45, 7) is 11.9. The third kappa shape index (κ3) is 2.89. The van der Waals surface area contributed by atoms with Gasteiger partial charge in [-0.3, -0.25) is 4.90 Å². The number of aliphatic imine (C=N–C) groups is 1. The molecule has 1 amide bonds. The molecule has 0 spiro atoms. The molecule has 0 bridgehead atoms. The summed E-state index contributed by atoms with van der Waals surface area (Å²) in [5.41, 5.74) is -1.18. The zero-order chi connectivity index (χ0) is 16.7. The van der Waals surface area contributed by atoms with Crippen molar-refractivity contribution in [3.05, 3.63) is 24.4 Å². The van der Waals surface area contributed by atoms with Crippen molar-refractivity contribution >= 4 is 11.9 Å². The molecule has 0 saturated carbocycles. The van der Waals surface area contributed by atoms with Crippen LogP contribution < -0.4 is 0 Å². The summed E-state index contributed by atoms with van der Waals surface area (Å²) in [7, 11) is 1.76. The maximum Gasteiger partial charge on any atom is 0.412 e. The van der Waals surface area contributed by atoms with Gasteiger partial charge in [0, 0.05) is 13.2 Å². The summed E-state index contributed by atoms with van der Waals surface area (Å²) >= 11 is 0. The van der Waals surface area contributed by atoms with Crippen molar-refractivity contribution in [1.29, 1.82) is 0 Å². The van der Waals surface area contributed by atoms with Crippen LogP contribution in [0.4, 0.5) is 4.79 Å². The van der Waals surface area contributed by atoms with Crippen LogP contribution in [0.15, 0.2) is 29.4 Å². The second-order valence-electron chi connectivity index (χ2n) is 7.40. The molecule has 2 atom stereocenters. The highest BCUT2D eigenvalue weighted by Gasteiger charge is 2.50. The molecular formula is C17H27N3O2. The topological polar surface area (TPSA) is 45.1 Å². The first kappa shape index (κ1) is 16.6. The number of nitrogens with zero attached hydrogens (tertiary/aromatic N) is 3. The van der Waals surface area contributed by atoms with E-state index in [2.05, 4.69) is 18.7 Å². The lowest BCUT2D eigenvalue weighted by Crippen LogP contribution is -2.58. The maximum atomic E-state index is 12.5. The molecule has 0 aromatic carbocycles. The molecule has 5 heteroatoms. The smallest absolute Gasteiger partial charge is 0.412 e. The highest BCUT2D eigenvalue weighted by atomic mass is 16.6. The van der Waals surface area contributed by atoms with Crippen molar-refractivity contribution in [2.75, 3.05) is 7.05 Å². The molecule has 0 fully saturated rings. The van der Waals surface area contributed by atoms with Gasteiger partial charge in [0.1, 0.15) is 11.4 Å². The highest BCUT2D eigenvalue weighted by molar-refractivity contribution is 5.97. The van der Waals surface area contributed by atoms with Crippen molar-refractivity contribution in [3.63, 3.8) is 0 Å². The predicted octanol–water partition coefficient (Wildman–Crippen LogP) is 3.39. The molecule has 0 saturated heterocycles. The Kier molecular flexibility index (Phi) is 4.11. The summed E-state index contributed by atoms with van der Waals surface area (Å²) in [6, 6.07) is 0.0706. The van der Waals surface area contributed by atoms with E-state index in [9.17, 15) is 4.79 Å². The molecule has 0 aromatic heterocycles. The number of ether oxygens (including phenoxy) is 1. The molecule has 2 aliphatic heterocycles. The lowest BCUT2D eigenvalue weighted by atomic mass is 9.91. The predicted molar refractivity (Wildman–Crippen MR) is 88.6 cm³/mol. The molecule has 22 heavy (non-hydrogen) atoms. The Hall–Kier alpha value is -1.78. The fraction of sp³-hybridized carbons (Fsp3) is 0.647. The number of amides is 1. The van der Waals surface area contributed by atoms with Crippen molar-refractivity contribution in [2.45, 2.75) is 58.8 Å². The Morgan fingerprint density at radius 1 is 1.41 bits per heavy atom. The van der Waals surface area contributed by atoms with Gasteiger partial charge in [-0.2, -0.15) is 0 Å². The van der Waals surface area contributed by atoms with Crippen LogP contribution >= 0.6 is 0 Å². The first-order valence-electron chi connectivity index (χ1n) is 7.76. The van der Waals surface area contributed by atoms with Gasteiger partial charge in [-0.15, -0.1) is 0 Å². The zero-order valence-corrected chi connectivity index (χ0v) is 14.6. The summed E-state index contributed by atoms with van der Waals surface area (Å²) in [5.74, 6) is 1.21. The zero-order valence-electron chi connectivity index (χ0n) is 14.6. The van der Waals surface area contributed by atoms with E-state index in [1.165, 1.54) is 0 Å². The van der Waals surface area contributed by atoms with E-state index in [4.69, 9.17) is 9.73 Å². The van der Waals surface area contributed by atoms with Crippen LogP contribution in [0.2, 0.25) is 0 Å². The van der Waals surface area contributed by atoms with Crippen LogP contribution in [-0.4, -0.2) is 46.1 Å². The average Bonchev–Trinajstić information content (AvgIpc) is 2.68. The summed E-state index contributed by atoms with van der Waals surface area (Å²) in [5, 5.41) is 0. The molecule has 122 valence electrons.